The molecule has 1 saturated carbocycles. The molecule has 6 nitrogen and oxygen atoms in total. The molecule has 1 aromatic carbocycles. The molecule has 6 heteroatoms. The summed E-state index contributed by atoms with van der Waals surface area (Å²) in [4.78, 5) is 16.7. The van der Waals surface area contributed by atoms with Gasteiger partial charge in [-0.3, -0.25) is 9.48 Å². The van der Waals surface area contributed by atoms with Gasteiger partial charge in [0.05, 0.1) is 17.2 Å². The van der Waals surface area contributed by atoms with E-state index in [-0.39, 0.29) is 5.91 Å². The predicted molar refractivity (Wildman–Crippen MR) is 96.1 cm³/mol. The highest BCUT2D eigenvalue weighted by Crippen LogP contribution is 2.38. The Morgan fingerprint density at radius 2 is 2.16 bits per heavy atom. The number of nitrogens with zero attached hydrogens (tertiary/aromatic N) is 4. The van der Waals surface area contributed by atoms with E-state index in [2.05, 4.69) is 45.1 Å². The van der Waals surface area contributed by atoms with E-state index < -0.39 is 0 Å². The average molecular weight is 337 g/mol. The summed E-state index contributed by atoms with van der Waals surface area (Å²) < 4.78 is 4.09. The molecule has 4 rings (SSSR count). The first-order chi connectivity index (χ1) is 12.1. The van der Waals surface area contributed by atoms with Crippen LogP contribution in [0.25, 0.3) is 11.0 Å². The summed E-state index contributed by atoms with van der Waals surface area (Å²) >= 11 is 0. The highest BCUT2D eigenvalue weighted by molar-refractivity contribution is 5.78. The standard InChI is InChI=1S/C19H23N5O/c1-13-22-17-9-14(3-7-18(17)24(13)16-5-6-16)10-20-19(25)8-4-15-11-21-23(2)12-15/h3,7,9,11-12,16H,4-6,8,10H2,1-2H3,(H,20,25). The van der Waals surface area contributed by atoms with Crippen molar-refractivity contribution in [2.45, 2.75) is 45.2 Å². The van der Waals surface area contributed by atoms with E-state index in [0.29, 0.717) is 25.4 Å². The number of aryl methyl sites for hydroxylation is 3. The van der Waals surface area contributed by atoms with Crippen LogP contribution >= 0.6 is 0 Å². The number of carbonyl (C=O) groups excluding carboxylic acids is 1. The van der Waals surface area contributed by atoms with Crippen molar-refractivity contribution in [3.8, 4) is 0 Å². The Kier molecular flexibility index (Phi) is 4.03. The number of aromatic nitrogens is 4. The van der Waals surface area contributed by atoms with Crippen molar-refractivity contribution in [3.63, 3.8) is 0 Å². The fourth-order valence-corrected chi connectivity index (χ4v) is 3.32. The van der Waals surface area contributed by atoms with E-state index in [1.807, 2.05) is 13.2 Å². The summed E-state index contributed by atoms with van der Waals surface area (Å²) in [7, 11) is 1.88. The number of nitrogens with one attached hydrogen (secondary N) is 1. The quantitative estimate of drug-likeness (QED) is 0.752. The number of benzene rings is 1. The first-order valence-electron chi connectivity index (χ1n) is 8.82. The van der Waals surface area contributed by atoms with Crippen molar-refractivity contribution >= 4 is 16.9 Å². The van der Waals surface area contributed by atoms with E-state index in [1.54, 1.807) is 10.9 Å². The largest absolute Gasteiger partial charge is 0.352 e. The minimum Gasteiger partial charge on any atom is -0.352 e. The number of carbonyl (C=O) groups is 1. The molecule has 3 aromatic rings. The second-order valence-corrected chi connectivity index (χ2v) is 6.88. The number of amides is 1. The fraction of sp³-hybridized carbons (Fsp3) is 0.421. The SMILES string of the molecule is Cc1nc2cc(CNC(=O)CCc3cnn(C)c3)ccc2n1C1CC1. The second kappa shape index (κ2) is 6.35. The molecule has 0 saturated heterocycles. The number of imidazole rings is 1. The van der Waals surface area contributed by atoms with Gasteiger partial charge in [0.2, 0.25) is 5.91 Å². The minimum absolute atomic E-state index is 0.0589. The van der Waals surface area contributed by atoms with Gasteiger partial charge in [0, 0.05) is 32.3 Å². The summed E-state index contributed by atoms with van der Waals surface area (Å²) in [5.74, 6) is 1.14. The molecule has 25 heavy (non-hydrogen) atoms. The van der Waals surface area contributed by atoms with Crippen LogP contribution in [-0.4, -0.2) is 25.2 Å². The number of hydrogen-bond donors (Lipinski definition) is 1. The van der Waals surface area contributed by atoms with E-state index in [9.17, 15) is 4.79 Å². The molecular weight excluding hydrogens is 314 g/mol. The molecule has 1 aliphatic carbocycles. The molecule has 0 unspecified atom stereocenters. The van der Waals surface area contributed by atoms with Crippen LogP contribution in [0, 0.1) is 6.92 Å². The van der Waals surface area contributed by atoms with Crippen LogP contribution in [0.5, 0.6) is 0 Å². The number of fused-ring (bicyclic) bond motifs is 1. The summed E-state index contributed by atoms with van der Waals surface area (Å²) in [6.07, 6.45) is 7.44. The smallest absolute Gasteiger partial charge is 0.220 e. The van der Waals surface area contributed by atoms with Crippen LogP contribution < -0.4 is 5.32 Å². The Balaban J connectivity index is 1.36. The Morgan fingerprint density at radius 3 is 2.88 bits per heavy atom. The summed E-state index contributed by atoms with van der Waals surface area (Å²) in [5, 5.41) is 7.12. The number of rotatable bonds is 6. The molecule has 2 heterocycles. The lowest BCUT2D eigenvalue weighted by Crippen LogP contribution is -2.22. The fourth-order valence-electron chi connectivity index (χ4n) is 3.32. The molecule has 130 valence electrons. The highest BCUT2D eigenvalue weighted by atomic mass is 16.1. The van der Waals surface area contributed by atoms with Gasteiger partial charge in [-0.05, 0) is 49.4 Å². The molecule has 1 amide bonds. The van der Waals surface area contributed by atoms with Gasteiger partial charge in [-0.15, -0.1) is 0 Å². The maximum Gasteiger partial charge on any atom is 0.220 e. The topological polar surface area (TPSA) is 64.7 Å². The maximum absolute atomic E-state index is 12.1. The van der Waals surface area contributed by atoms with Gasteiger partial charge >= 0.3 is 0 Å². The number of hydrogen-bond acceptors (Lipinski definition) is 3. The van der Waals surface area contributed by atoms with Crippen molar-refractivity contribution < 1.29 is 4.79 Å². The third kappa shape index (κ3) is 3.43. The summed E-state index contributed by atoms with van der Waals surface area (Å²) in [5.41, 5.74) is 4.39. The van der Waals surface area contributed by atoms with Crippen LogP contribution in [-0.2, 0) is 24.8 Å². The van der Waals surface area contributed by atoms with E-state index in [4.69, 9.17) is 0 Å². The van der Waals surface area contributed by atoms with E-state index in [1.165, 1.54) is 18.4 Å². The van der Waals surface area contributed by atoms with Crippen LogP contribution in [0.2, 0.25) is 0 Å². The maximum atomic E-state index is 12.1. The van der Waals surface area contributed by atoms with Crippen molar-refractivity contribution in [1.82, 2.24) is 24.6 Å². The van der Waals surface area contributed by atoms with Gasteiger partial charge in [0.1, 0.15) is 5.82 Å². The Hall–Kier alpha value is -2.63. The molecule has 0 bridgehead atoms. The van der Waals surface area contributed by atoms with Gasteiger partial charge in [-0.25, -0.2) is 4.98 Å². The molecule has 2 aromatic heterocycles. The lowest BCUT2D eigenvalue weighted by atomic mass is 10.1. The Bertz CT molecular complexity index is 919. The molecule has 1 N–H and O–H groups in total. The lowest BCUT2D eigenvalue weighted by Gasteiger charge is -2.06. The zero-order valence-electron chi connectivity index (χ0n) is 14.7. The molecule has 0 spiro atoms. The summed E-state index contributed by atoms with van der Waals surface area (Å²) in [6.45, 7) is 2.61. The van der Waals surface area contributed by atoms with Crippen LogP contribution in [0.1, 0.15) is 42.3 Å². The zero-order valence-corrected chi connectivity index (χ0v) is 14.7. The van der Waals surface area contributed by atoms with Gasteiger partial charge in [0.25, 0.3) is 0 Å². The Morgan fingerprint density at radius 1 is 1.32 bits per heavy atom. The van der Waals surface area contributed by atoms with Gasteiger partial charge in [-0.2, -0.15) is 5.10 Å². The minimum atomic E-state index is 0.0589. The molecule has 0 atom stereocenters. The molecular formula is C19H23N5O. The van der Waals surface area contributed by atoms with Gasteiger partial charge in [-0.1, -0.05) is 6.07 Å². The summed E-state index contributed by atoms with van der Waals surface area (Å²) in [6, 6.07) is 6.93. The Labute approximate surface area is 146 Å². The molecule has 0 radical (unpaired) electrons. The monoisotopic (exact) mass is 337 g/mol. The van der Waals surface area contributed by atoms with Crippen molar-refractivity contribution in [1.29, 1.82) is 0 Å². The third-order valence-electron chi connectivity index (χ3n) is 4.73. The van der Waals surface area contributed by atoms with Crippen LogP contribution in [0.15, 0.2) is 30.6 Å². The van der Waals surface area contributed by atoms with Crippen molar-refractivity contribution in [2.24, 2.45) is 7.05 Å². The van der Waals surface area contributed by atoms with Gasteiger partial charge < -0.3 is 9.88 Å². The zero-order chi connectivity index (χ0) is 17.4. The first kappa shape index (κ1) is 15.9. The van der Waals surface area contributed by atoms with E-state index >= 15 is 0 Å². The first-order valence-corrected chi connectivity index (χ1v) is 8.82. The average Bonchev–Trinajstić information content (AvgIpc) is 3.25. The van der Waals surface area contributed by atoms with Crippen LogP contribution in [0.4, 0.5) is 0 Å². The third-order valence-corrected chi connectivity index (χ3v) is 4.73. The normalized spacial score (nSPS) is 14.2. The highest BCUT2D eigenvalue weighted by Gasteiger charge is 2.26. The van der Waals surface area contributed by atoms with Crippen molar-refractivity contribution in [3.05, 3.63) is 47.5 Å². The van der Waals surface area contributed by atoms with E-state index in [0.717, 1.165) is 22.5 Å². The van der Waals surface area contributed by atoms with Gasteiger partial charge in [0.15, 0.2) is 0 Å². The second-order valence-electron chi connectivity index (χ2n) is 6.88. The lowest BCUT2D eigenvalue weighted by molar-refractivity contribution is -0.121. The van der Waals surface area contributed by atoms with Crippen LogP contribution in [0.3, 0.4) is 0 Å². The molecule has 0 aliphatic heterocycles. The predicted octanol–water partition coefficient (Wildman–Crippen LogP) is 2.66. The van der Waals surface area contributed by atoms with Crippen molar-refractivity contribution in [2.75, 3.05) is 0 Å². The molecule has 1 fully saturated rings. The molecule has 1 aliphatic rings.